The van der Waals surface area contributed by atoms with Crippen LogP contribution in [-0.4, -0.2) is 17.2 Å². The number of hydrazine groups is 1. The summed E-state index contributed by atoms with van der Waals surface area (Å²) in [6, 6.07) is 0.139. The molecule has 0 aliphatic carbocycles. The van der Waals surface area contributed by atoms with Crippen molar-refractivity contribution in [3.63, 3.8) is 0 Å². The first kappa shape index (κ1) is 16.9. The summed E-state index contributed by atoms with van der Waals surface area (Å²) in [5.41, 5.74) is 0.819. The van der Waals surface area contributed by atoms with E-state index in [-0.39, 0.29) is 5.56 Å². The van der Waals surface area contributed by atoms with Gasteiger partial charge in [0, 0.05) is 24.6 Å². The molecule has 7 heteroatoms. The third kappa shape index (κ3) is 3.47. The number of rotatable bonds is 6. The summed E-state index contributed by atoms with van der Waals surface area (Å²) in [5, 5.41) is 0. The van der Waals surface area contributed by atoms with E-state index in [2.05, 4.69) is 10.4 Å². The van der Waals surface area contributed by atoms with E-state index in [9.17, 15) is 13.2 Å². The highest BCUT2D eigenvalue weighted by Crippen LogP contribution is 2.39. The van der Waals surface area contributed by atoms with E-state index >= 15 is 0 Å². The molecule has 0 radical (unpaired) electrons. The number of pyridine rings is 1. The second-order valence-electron chi connectivity index (χ2n) is 4.66. The van der Waals surface area contributed by atoms with Gasteiger partial charge in [-0.2, -0.15) is 13.2 Å². The van der Waals surface area contributed by atoms with Gasteiger partial charge in [-0.15, -0.1) is 0 Å². The van der Waals surface area contributed by atoms with Gasteiger partial charge in [0.15, 0.2) is 0 Å². The zero-order chi connectivity index (χ0) is 15.4. The molecule has 1 aromatic heterocycles. The number of alkyl halides is 3. The maximum atomic E-state index is 13.1. The van der Waals surface area contributed by atoms with Crippen LogP contribution in [0.1, 0.15) is 44.4 Å². The zero-order valence-electron chi connectivity index (χ0n) is 11.8. The fourth-order valence-electron chi connectivity index (χ4n) is 2.21. The Hall–Kier alpha value is -1.18. The number of nitrogens with zero attached hydrogens (tertiary/aromatic N) is 1. The topological polar surface area (TPSA) is 60.2 Å². The number of nitrogens with one attached hydrogen (secondary N) is 1. The molecule has 0 amide bonds. The Balaban J connectivity index is 3.32. The maximum absolute atomic E-state index is 13.1. The van der Waals surface area contributed by atoms with Crippen molar-refractivity contribution in [2.24, 2.45) is 5.84 Å². The number of aromatic nitrogens is 1. The highest BCUT2D eigenvalue weighted by Gasteiger charge is 2.41. The first-order chi connectivity index (χ1) is 9.30. The first-order valence-corrected chi connectivity index (χ1v) is 6.41. The van der Waals surface area contributed by atoms with Gasteiger partial charge in [-0.25, -0.2) is 0 Å². The maximum Gasteiger partial charge on any atom is 0.416 e. The molecule has 20 heavy (non-hydrogen) atoms. The van der Waals surface area contributed by atoms with Crippen LogP contribution in [0.3, 0.4) is 0 Å². The van der Waals surface area contributed by atoms with Gasteiger partial charge in [0.1, 0.15) is 0 Å². The molecule has 0 saturated heterocycles. The average molecular weight is 291 g/mol. The summed E-state index contributed by atoms with van der Waals surface area (Å²) in [7, 11) is 0. The lowest BCUT2D eigenvalue weighted by atomic mass is 9.86. The van der Waals surface area contributed by atoms with Crippen molar-refractivity contribution in [3.05, 3.63) is 29.6 Å². The third-order valence-electron chi connectivity index (χ3n) is 3.42. The van der Waals surface area contributed by atoms with E-state index in [1.54, 1.807) is 13.8 Å². The molecule has 0 aliphatic heterocycles. The average Bonchev–Trinajstić information content (AvgIpc) is 2.39. The lowest BCUT2D eigenvalue weighted by Gasteiger charge is -2.37. The summed E-state index contributed by atoms with van der Waals surface area (Å²) in [4.78, 5) is 3.78. The van der Waals surface area contributed by atoms with Crippen LogP contribution in [0.15, 0.2) is 18.5 Å². The van der Waals surface area contributed by atoms with Gasteiger partial charge in [-0.1, -0.05) is 6.92 Å². The van der Waals surface area contributed by atoms with Crippen molar-refractivity contribution in [2.45, 2.75) is 45.0 Å². The number of hydrogen-bond acceptors (Lipinski definition) is 4. The van der Waals surface area contributed by atoms with Gasteiger partial charge in [0.25, 0.3) is 0 Å². The fraction of sp³-hybridized carbons (Fsp3) is 0.615. The highest BCUT2D eigenvalue weighted by atomic mass is 19.4. The molecule has 0 fully saturated rings. The van der Waals surface area contributed by atoms with Crippen LogP contribution < -0.4 is 11.3 Å². The molecule has 1 aromatic rings. The molecule has 1 rings (SSSR count). The Bertz CT molecular complexity index is 439. The van der Waals surface area contributed by atoms with Crippen LogP contribution in [0, 0.1) is 0 Å². The van der Waals surface area contributed by atoms with Gasteiger partial charge >= 0.3 is 6.18 Å². The lowest BCUT2D eigenvalue weighted by molar-refractivity contribution is -0.139. The largest absolute Gasteiger partial charge is 0.416 e. The molecule has 3 N–H and O–H groups in total. The lowest BCUT2D eigenvalue weighted by Crippen LogP contribution is -2.47. The zero-order valence-corrected chi connectivity index (χ0v) is 11.8. The van der Waals surface area contributed by atoms with Gasteiger partial charge in [-0.05, 0) is 26.3 Å². The Labute approximate surface area is 116 Å². The van der Waals surface area contributed by atoms with E-state index in [4.69, 9.17) is 10.6 Å². The SMILES string of the molecule is CCOC(C)(CC)C(NN)c1cnccc1C(F)(F)F. The summed E-state index contributed by atoms with van der Waals surface area (Å²) in [5.74, 6) is 5.48. The number of halogens is 3. The van der Waals surface area contributed by atoms with Crippen molar-refractivity contribution in [3.8, 4) is 0 Å². The van der Waals surface area contributed by atoms with Gasteiger partial charge in [0.2, 0.25) is 0 Å². The first-order valence-electron chi connectivity index (χ1n) is 6.41. The molecule has 4 nitrogen and oxygen atoms in total. The summed E-state index contributed by atoms with van der Waals surface area (Å²) >= 11 is 0. The van der Waals surface area contributed by atoms with Crippen LogP contribution in [0.2, 0.25) is 0 Å². The van der Waals surface area contributed by atoms with Crippen LogP contribution in [0.4, 0.5) is 13.2 Å². The normalized spacial score (nSPS) is 16.8. The minimum Gasteiger partial charge on any atom is -0.374 e. The Kier molecular flexibility index (Phi) is 5.50. The minimum atomic E-state index is -4.46. The Morgan fingerprint density at radius 1 is 1.40 bits per heavy atom. The molecule has 114 valence electrons. The standard InChI is InChI=1S/C13H20F3N3O/c1-4-12(3,20-5-2)11(19-17)9-8-18-7-6-10(9)13(14,15)16/h6-8,11,19H,4-5,17H2,1-3H3. The van der Waals surface area contributed by atoms with Crippen LogP contribution in [-0.2, 0) is 10.9 Å². The molecular weight excluding hydrogens is 271 g/mol. The number of hydrogen-bond donors (Lipinski definition) is 2. The second kappa shape index (κ2) is 6.51. The molecule has 1 heterocycles. The van der Waals surface area contributed by atoms with Crippen molar-refractivity contribution >= 4 is 0 Å². The predicted molar refractivity (Wildman–Crippen MR) is 69.6 cm³/mol. The summed E-state index contributed by atoms with van der Waals surface area (Å²) < 4.78 is 44.9. The summed E-state index contributed by atoms with van der Waals surface area (Å²) in [6.45, 7) is 5.73. The quantitative estimate of drug-likeness (QED) is 0.625. The highest BCUT2D eigenvalue weighted by molar-refractivity contribution is 5.31. The minimum absolute atomic E-state index is 0.0136. The van der Waals surface area contributed by atoms with E-state index < -0.39 is 23.4 Å². The molecule has 0 bridgehead atoms. The van der Waals surface area contributed by atoms with Gasteiger partial charge in [0.05, 0.1) is 17.2 Å². The molecule has 2 unspecified atom stereocenters. The summed E-state index contributed by atoms with van der Waals surface area (Å²) in [6.07, 6.45) is -1.67. The van der Waals surface area contributed by atoms with Crippen molar-refractivity contribution in [1.29, 1.82) is 0 Å². The van der Waals surface area contributed by atoms with E-state index in [1.165, 1.54) is 6.20 Å². The van der Waals surface area contributed by atoms with E-state index in [1.807, 2.05) is 6.92 Å². The fourth-order valence-corrected chi connectivity index (χ4v) is 2.21. The van der Waals surface area contributed by atoms with Crippen LogP contribution in [0.5, 0.6) is 0 Å². The monoisotopic (exact) mass is 291 g/mol. The van der Waals surface area contributed by atoms with E-state index in [0.29, 0.717) is 13.0 Å². The molecule has 0 saturated carbocycles. The molecule has 0 spiro atoms. The second-order valence-corrected chi connectivity index (χ2v) is 4.66. The van der Waals surface area contributed by atoms with E-state index in [0.717, 1.165) is 12.3 Å². The van der Waals surface area contributed by atoms with Gasteiger partial charge < -0.3 is 4.74 Å². The molecule has 2 atom stereocenters. The Morgan fingerprint density at radius 2 is 2.05 bits per heavy atom. The van der Waals surface area contributed by atoms with Crippen molar-refractivity contribution < 1.29 is 17.9 Å². The van der Waals surface area contributed by atoms with Crippen LogP contribution >= 0.6 is 0 Å². The molecular formula is C13H20F3N3O. The number of nitrogens with two attached hydrogens (primary N) is 1. The molecule has 0 aliphatic rings. The molecule has 0 aromatic carbocycles. The third-order valence-corrected chi connectivity index (χ3v) is 3.42. The number of ether oxygens (including phenoxy) is 1. The van der Waals surface area contributed by atoms with Crippen molar-refractivity contribution in [1.82, 2.24) is 10.4 Å². The predicted octanol–water partition coefficient (Wildman–Crippen LogP) is 2.81. The van der Waals surface area contributed by atoms with Crippen molar-refractivity contribution in [2.75, 3.05) is 6.61 Å². The van der Waals surface area contributed by atoms with Crippen LogP contribution in [0.25, 0.3) is 0 Å². The Morgan fingerprint density at radius 3 is 2.50 bits per heavy atom. The van der Waals surface area contributed by atoms with Gasteiger partial charge in [-0.3, -0.25) is 16.3 Å². The smallest absolute Gasteiger partial charge is 0.374 e.